The molecule has 174 valence electrons. The molecule has 4 rings (SSSR count). The van der Waals surface area contributed by atoms with Crippen molar-refractivity contribution in [3.8, 4) is 17.2 Å². The number of methoxy groups -OCH3 is 3. The van der Waals surface area contributed by atoms with Crippen LogP contribution >= 0.6 is 0 Å². The maximum absolute atomic E-state index is 13.4. The molecule has 0 radical (unpaired) electrons. The third kappa shape index (κ3) is 4.52. The van der Waals surface area contributed by atoms with Crippen LogP contribution in [0, 0.1) is 12.8 Å². The van der Waals surface area contributed by atoms with Gasteiger partial charge in [0.2, 0.25) is 5.75 Å². The van der Waals surface area contributed by atoms with Crippen molar-refractivity contribution in [1.82, 2.24) is 0 Å². The number of anilines is 1. The molecular weight excluding hydrogens is 428 g/mol. The second kappa shape index (κ2) is 10.5. The number of ketones is 1. The zero-order valence-corrected chi connectivity index (χ0v) is 20.1. The van der Waals surface area contributed by atoms with E-state index in [4.69, 9.17) is 14.2 Å². The molecule has 1 aliphatic heterocycles. The molecular formula is C25H33ClN2O4. The number of nitrogens with one attached hydrogen (secondary N) is 1. The summed E-state index contributed by atoms with van der Waals surface area (Å²) in [5, 5.41) is 0. The summed E-state index contributed by atoms with van der Waals surface area (Å²) in [5.41, 5.74) is 4.32. The molecule has 0 aromatic heterocycles. The van der Waals surface area contributed by atoms with Crippen LogP contribution in [0.15, 0.2) is 30.3 Å². The van der Waals surface area contributed by atoms with Crippen molar-refractivity contribution in [2.75, 3.05) is 59.0 Å². The minimum atomic E-state index is 0. The average Bonchev–Trinajstić information content (AvgIpc) is 2.80. The zero-order valence-electron chi connectivity index (χ0n) is 19.4. The Morgan fingerprint density at radius 3 is 2.34 bits per heavy atom. The van der Waals surface area contributed by atoms with E-state index >= 15 is 0 Å². The van der Waals surface area contributed by atoms with Crippen LogP contribution in [0.4, 0.5) is 5.69 Å². The smallest absolute Gasteiger partial charge is 0.203 e. The van der Waals surface area contributed by atoms with E-state index in [0.29, 0.717) is 17.2 Å². The number of quaternary nitrogens is 1. The third-order valence-electron chi connectivity index (χ3n) is 6.77. The van der Waals surface area contributed by atoms with Crippen molar-refractivity contribution >= 4 is 11.5 Å². The minimum Gasteiger partial charge on any atom is -1.00 e. The number of piperazine rings is 1. The first-order valence-corrected chi connectivity index (χ1v) is 11.1. The molecule has 32 heavy (non-hydrogen) atoms. The third-order valence-corrected chi connectivity index (χ3v) is 6.77. The van der Waals surface area contributed by atoms with Gasteiger partial charge in [0.05, 0.1) is 60.0 Å². The molecule has 0 saturated carbocycles. The summed E-state index contributed by atoms with van der Waals surface area (Å²) in [4.78, 5) is 17.4. The number of nitrogens with zero attached hydrogens (tertiary/aromatic N) is 1. The number of hydrogen-bond acceptors (Lipinski definition) is 5. The topological polar surface area (TPSA) is 52.4 Å². The quantitative estimate of drug-likeness (QED) is 0.610. The maximum atomic E-state index is 13.4. The van der Waals surface area contributed by atoms with Gasteiger partial charge >= 0.3 is 0 Å². The highest BCUT2D eigenvalue weighted by molar-refractivity contribution is 6.02. The van der Waals surface area contributed by atoms with Crippen LogP contribution in [0.25, 0.3) is 0 Å². The number of aryl methyl sites for hydroxylation is 1. The summed E-state index contributed by atoms with van der Waals surface area (Å²) in [6, 6.07) is 10.4. The Hall–Kier alpha value is -2.44. The number of carbonyl (C=O) groups is 1. The lowest BCUT2D eigenvalue weighted by Crippen LogP contribution is -3.15. The number of benzene rings is 2. The Morgan fingerprint density at radius 1 is 1.03 bits per heavy atom. The van der Waals surface area contributed by atoms with Crippen molar-refractivity contribution in [2.45, 2.75) is 19.8 Å². The van der Waals surface area contributed by atoms with E-state index in [1.165, 1.54) is 16.2 Å². The van der Waals surface area contributed by atoms with Crippen LogP contribution in [0.3, 0.4) is 0 Å². The molecule has 1 N–H and O–H groups in total. The Labute approximate surface area is 196 Å². The first-order chi connectivity index (χ1) is 15.1. The highest BCUT2D eigenvalue weighted by Gasteiger charge is 2.35. The van der Waals surface area contributed by atoms with E-state index in [1.54, 1.807) is 21.3 Å². The summed E-state index contributed by atoms with van der Waals surface area (Å²) in [6.07, 6.45) is 1.67. The Balaban J connectivity index is 0.00000289. The monoisotopic (exact) mass is 460 g/mol. The molecule has 0 spiro atoms. The van der Waals surface area contributed by atoms with Gasteiger partial charge in [0, 0.05) is 16.8 Å². The van der Waals surface area contributed by atoms with Crippen LogP contribution in [-0.2, 0) is 6.42 Å². The van der Waals surface area contributed by atoms with Gasteiger partial charge in [-0.15, -0.1) is 0 Å². The Bertz CT molecular complexity index is 957. The fraction of sp³-hybridized carbons (Fsp3) is 0.480. The summed E-state index contributed by atoms with van der Waals surface area (Å²) in [7, 11) is 4.80. The molecule has 1 fully saturated rings. The lowest BCUT2D eigenvalue weighted by atomic mass is 9.81. The maximum Gasteiger partial charge on any atom is 0.203 e. The fourth-order valence-corrected chi connectivity index (χ4v) is 5.08. The van der Waals surface area contributed by atoms with Gasteiger partial charge in [-0.3, -0.25) is 4.79 Å². The molecule has 1 saturated heterocycles. The molecule has 1 unspecified atom stereocenters. The van der Waals surface area contributed by atoms with Crippen LogP contribution in [0.1, 0.15) is 27.9 Å². The first-order valence-electron chi connectivity index (χ1n) is 11.1. The molecule has 1 atom stereocenters. The van der Waals surface area contributed by atoms with E-state index in [-0.39, 0.29) is 24.1 Å². The second-order valence-corrected chi connectivity index (χ2v) is 8.50. The van der Waals surface area contributed by atoms with Crippen LogP contribution in [-0.4, -0.2) is 59.8 Å². The predicted octanol–water partition coefficient (Wildman–Crippen LogP) is -0.825. The van der Waals surface area contributed by atoms with Gasteiger partial charge in [-0.2, -0.15) is 0 Å². The molecule has 1 aliphatic carbocycles. The molecule has 2 aromatic rings. The van der Waals surface area contributed by atoms with Crippen LogP contribution < -0.4 is 36.4 Å². The van der Waals surface area contributed by atoms with Crippen LogP contribution in [0.2, 0.25) is 0 Å². The SMILES string of the molecule is COc1cc2c(c(OC)c1OC)CCC(C[NH+]1CCN(c3ccccc3C)CC1)C2=O.[Cl-]. The van der Waals surface area contributed by atoms with Crippen molar-refractivity contribution in [1.29, 1.82) is 0 Å². The highest BCUT2D eigenvalue weighted by Crippen LogP contribution is 2.45. The predicted molar refractivity (Wildman–Crippen MR) is 121 cm³/mol. The summed E-state index contributed by atoms with van der Waals surface area (Å²) < 4.78 is 16.6. The van der Waals surface area contributed by atoms with Gasteiger partial charge in [0.1, 0.15) is 0 Å². The Morgan fingerprint density at radius 2 is 1.72 bits per heavy atom. The van der Waals surface area contributed by atoms with Gasteiger partial charge in [-0.05, 0) is 37.5 Å². The fourth-order valence-electron chi connectivity index (χ4n) is 5.08. The molecule has 1 heterocycles. The van der Waals surface area contributed by atoms with Gasteiger partial charge in [-0.25, -0.2) is 0 Å². The van der Waals surface area contributed by atoms with Crippen molar-refractivity contribution < 1.29 is 36.3 Å². The highest BCUT2D eigenvalue weighted by atomic mass is 35.5. The summed E-state index contributed by atoms with van der Waals surface area (Å²) in [5.74, 6) is 1.98. The van der Waals surface area contributed by atoms with Crippen molar-refractivity contribution in [2.24, 2.45) is 5.92 Å². The number of Topliss-reactive ketones (excluding diaryl/α,β-unsaturated/α-hetero) is 1. The lowest BCUT2D eigenvalue weighted by Gasteiger charge is -2.36. The molecule has 2 aromatic carbocycles. The molecule has 2 aliphatic rings. The van der Waals surface area contributed by atoms with E-state index < -0.39 is 0 Å². The van der Waals surface area contributed by atoms with Crippen LogP contribution in [0.5, 0.6) is 17.2 Å². The number of hydrogen-bond donors (Lipinski definition) is 1. The van der Waals surface area contributed by atoms with Crippen molar-refractivity contribution in [3.63, 3.8) is 0 Å². The molecule has 0 amide bonds. The number of ether oxygens (including phenoxy) is 3. The van der Waals surface area contributed by atoms with Gasteiger partial charge in [0.15, 0.2) is 17.3 Å². The first kappa shape index (κ1) is 24.2. The van der Waals surface area contributed by atoms with Gasteiger partial charge < -0.3 is 36.4 Å². The van der Waals surface area contributed by atoms with E-state index in [1.807, 2.05) is 6.07 Å². The minimum absolute atomic E-state index is 0. The van der Waals surface area contributed by atoms with Crippen molar-refractivity contribution in [3.05, 3.63) is 47.0 Å². The standard InChI is InChI=1S/C25H32N2O4.ClH/c1-17-7-5-6-8-21(17)27-13-11-26(12-14-27)16-18-9-10-19-20(23(18)28)15-22(29-2)25(31-4)24(19)30-3;/h5-8,15,18H,9-14,16H2,1-4H3;1H. The second-order valence-electron chi connectivity index (χ2n) is 8.50. The Kier molecular flexibility index (Phi) is 7.91. The van der Waals surface area contributed by atoms with E-state index in [9.17, 15) is 4.79 Å². The molecule has 6 nitrogen and oxygen atoms in total. The van der Waals surface area contributed by atoms with E-state index in [2.05, 4.69) is 36.1 Å². The summed E-state index contributed by atoms with van der Waals surface area (Å²) in [6.45, 7) is 7.22. The number of para-hydroxylation sites is 1. The average molecular weight is 461 g/mol. The molecule has 0 bridgehead atoms. The lowest BCUT2D eigenvalue weighted by molar-refractivity contribution is -0.903. The zero-order chi connectivity index (χ0) is 22.0. The number of rotatable bonds is 6. The molecule has 7 heteroatoms. The normalized spacial score (nSPS) is 18.6. The van der Waals surface area contributed by atoms with E-state index in [0.717, 1.165) is 56.7 Å². The number of fused-ring (bicyclic) bond motifs is 1. The number of carbonyl (C=O) groups excluding carboxylic acids is 1. The van der Waals surface area contributed by atoms with Gasteiger partial charge in [-0.1, -0.05) is 18.2 Å². The largest absolute Gasteiger partial charge is 1.00 e. The number of halogens is 1. The summed E-state index contributed by atoms with van der Waals surface area (Å²) >= 11 is 0. The van der Waals surface area contributed by atoms with Gasteiger partial charge in [0.25, 0.3) is 0 Å².